The van der Waals surface area contributed by atoms with Gasteiger partial charge in [0.1, 0.15) is 17.8 Å². The van der Waals surface area contributed by atoms with Crippen LogP contribution in [0.15, 0.2) is 36.0 Å². The molecule has 10 nitrogen and oxygen atoms in total. The predicted octanol–water partition coefficient (Wildman–Crippen LogP) is 9.17. The van der Waals surface area contributed by atoms with Crippen LogP contribution in [0.4, 0.5) is 0 Å². The quantitative estimate of drug-likeness (QED) is 0.0279. The highest BCUT2D eigenvalue weighted by Gasteiger charge is 2.46. The summed E-state index contributed by atoms with van der Waals surface area (Å²) >= 11 is 0. The summed E-state index contributed by atoms with van der Waals surface area (Å²) in [6, 6.07) is 0. The number of epoxide rings is 1. The molecule has 10 atom stereocenters. The van der Waals surface area contributed by atoms with E-state index in [1.165, 1.54) is 6.92 Å². The Morgan fingerprint density at radius 1 is 1.04 bits per heavy atom. The third kappa shape index (κ3) is 16.9. The van der Waals surface area contributed by atoms with E-state index < -0.39 is 38.2 Å². The van der Waals surface area contributed by atoms with Gasteiger partial charge in [0.25, 0.3) is 0 Å². The van der Waals surface area contributed by atoms with E-state index >= 15 is 0 Å². The minimum absolute atomic E-state index is 0.0540. The molecule has 2 aliphatic rings. The molecule has 0 spiro atoms. The number of ether oxygens (including phenoxy) is 7. The molecular formula is C44H78O10Si. The van der Waals surface area contributed by atoms with Crippen LogP contribution in [0.5, 0.6) is 0 Å². The van der Waals surface area contributed by atoms with Crippen LogP contribution < -0.4 is 0 Å². The minimum atomic E-state index is -2.26. The van der Waals surface area contributed by atoms with Crippen molar-refractivity contribution in [2.45, 2.75) is 176 Å². The Morgan fingerprint density at radius 3 is 2.29 bits per heavy atom. The normalized spacial score (nSPS) is 29.5. The fraction of sp³-hybridized carbons (Fsp3) is 0.818. The lowest BCUT2D eigenvalue weighted by molar-refractivity contribution is -0.166. The van der Waals surface area contributed by atoms with Gasteiger partial charge in [0, 0.05) is 32.0 Å². The Hall–Kier alpha value is -1.86. The van der Waals surface area contributed by atoms with Crippen LogP contribution in [0.3, 0.4) is 0 Å². The van der Waals surface area contributed by atoms with Crippen molar-refractivity contribution < 1.29 is 47.2 Å². The van der Waals surface area contributed by atoms with Gasteiger partial charge in [-0.05, 0) is 89.1 Å². The van der Waals surface area contributed by atoms with Crippen LogP contribution in [0.2, 0.25) is 18.1 Å². The lowest BCUT2D eigenvalue weighted by Gasteiger charge is -2.41. The molecule has 55 heavy (non-hydrogen) atoms. The fourth-order valence-corrected chi connectivity index (χ4v) is 8.32. The van der Waals surface area contributed by atoms with Gasteiger partial charge in [-0.1, -0.05) is 72.8 Å². The van der Waals surface area contributed by atoms with Crippen molar-refractivity contribution in [2.75, 3.05) is 39.6 Å². The molecule has 10 unspecified atom stereocenters. The molecule has 1 fully saturated rings. The van der Waals surface area contributed by atoms with Crippen LogP contribution in [0.1, 0.15) is 115 Å². The maximum Gasteiger partial charge on any atom is 0.308 e. The summed E-state index contributed by atoms with van der Waals surface area (Å²) in [5.41, 5.74) is 0.0313. The second-order valence-corrected chi connectivity index (χ2v) is 22.1. The van der Waals surface area contributed by atoms with Gasteiger partial charge in [0.05, 0.1) is 57.3 Å². The zero-order valence-corrected chi connectivity index (χ0v) is 37.9. The third-order valence-electron chi connectivity index (χ3n) is 11.5. The van der Waals surface area contributed by atoms with Crippen molar-refractivity contribution in [3.63, 3.8) is 0 Å². The largest absolute Gasteiger partial charge is 0.457 e. The van der Waals surface area contributed by atoms with E-state index in [9.17, 15) is 9.59 Å². The van der Waals surface area contributed by atoms with Crippen molar-refractivity contribution in [2.24, 2.45) is 17.8 Å². The first-order valence-corrected chi connectivity index (χ1v) is 23.8. The van der Waals surface area contributed by atoms with Crippen molar-refractivity contribution in [1.82, 2.24) is 0 Å². The van der Waals surface area contributed by atoms with Crippen LogP contribution in [0.25, 0.3) is 0 Å². The van der Waals surface area contributed by atoms with E-state index in [0.29, 0.717) is 64.3 Å². The molecule has 0 saturated carbocycles. The predicted molar refractivity (Wildman–Crippen MR) is 222 cm³/mol. The molecule has 0 amide bonds. The lowest BCUT2D eigenvalue weighted by atomic mass is 9.88. The number of carbonyl (C=O) groups excluding carboxylic acids is 2. The van der Waals surface area contributed by atoms with Gasteiger partial charge in [0.15, 0.2) is 8.32 Å². The van der Waals surface area contributed by atoms with Gasteiger partial charge in [-0.15, -0.1) is 0 Å². The number of esters is 2. The summed E-state index contributed by atoms with van der Waals surface area (Å²) in [5.74, 6) is -0.310. The molecule has 0 aliphatic carbocycles. The summed E-state index contributed by atoms with van der Waals surface area (Å²) < 4.78 is 48.8. The Balaban J connectivity index is 2.31. The topological polar surface area (TPSA) is 111 Å². The molecule has 0 radical (unpaired) electrons. The van der Waals surface area contributed by atoms with Gasteiger partial charge >= 0.3 is 11.9 Å². The SMILES string of the molecule is CCOCCOC(CC)C(C)C1OC1CC(C)/C=C/C=C(\C)C1OC(=O)CC(O[Si](C)(C)C(C)(C)C)CCC(C)(OCCOCC)C(OC(C)=O)/C=C/C1C. The van der Waals surface area contributed by atoms with Gasteiger partial charge < -0.3 is 37.6 Å². The zero-order valence-electron chi connectivity index (χ0n) is 36.9. The number of carbonyl (C=O) groups is 2. The molecule has 1 saturated heterocycles. The van der Waals surface area contributed by atoms with Gasteiger partial charge in [-0.2, -0.15) is 0 Å². The molecule has 11 heteroatoms. The average molecular weight is 795 g/mol. The van der Waals surface area contributed by atoms with Crippen molar-refractivity contribution in [1.29, 1.82) is 0 Å². The Morgan fingerprint density at radius 2 is 1.69 bits per heavy atom. The highest BCUT2D eigenvalue weighted by atomic mass is 28.4. The third-order valence-corrected chi connectivity index (χ3v) is 16.0. The van der Waals surface area contributed by atoms with Gasteiger partial charge in [-0.3, -0.25) is 9.59 Å². The second-order valence-electron chi connectivity index (χ2n) is 17.3. The molecule has 2 rings (SSSR count). The number of rotatable bonds is 21. The highest BCUT2D eigenvalue weighted by molar-refractivity contribution is 6.74. The van der Waals surface area contributed by atoms with Crippen LogP contribution in [-0.2, 0) is 47.2 Å². The number of allylic oxidation sites excluding steroid dienone is 3. The second kappa shape index (κ2) is 23.5. The van der Waals surface area contributed by atoms with Gasteiger partial charge in [0.2, 0.25) is 0 Å². The molecule has 0 aromatic carbocycles. The van der Waals surface area contributed by atoms with Crippen LogP contribution >= 0.6 is 0 Å². The number of hydrogen-bond donors (Lipinski definition) is 0. The monoisotopic (exact) mass is 795 g/mol. The summed E-state index contributed by atoms with van der Waals surface area (Å²) in [6.45, 7) is 32.1. The van der Waals surface area contributed by atoms with E-state index in [2.05, 4.69) is 66.8 Å². The molecule has 0 aromatic rings. The summed E-state index contributed by atoms with van der Waals surface area (Å²) in [5, 5.41) is -0.0540. The Labute approximate surface area is 335 Å². The minimum Gasteiger partial charge on any atom is -0.457 e. The van der Waals surface area contributed by atoms with Crippen molar-refractivity contribution >= 4 is 20.3 Å². The summed E-state index contributed by atoms with van der Waals surface area (Å²) in [7, 11) is -2.26. The molecule has 0 aromatic heterocycles. The molecular weight excluding hydrogens is 717 g/mol. The summed E-state index contributed by atoms with van der Waals surface area (Å²) in [4.78, 5) is 26.2. The number of cyclic esters (lactones) is 1. The van der Waals surface area contributed by atoms with Crippen LogP contribution in [-0.4, -0.2) is 102 Å². The molecule has 2 heterocycles. The van der Waals surface area contributed by atoms with Gasteiger partial charge in [-0.25, -0.2) is 0 Å². The van der Waals surface area contributed by atoms with E-state index in [-0.39, 0.29) is 41.7 Å². The van der Waals surface area contributed by atoms with E-state index in [4.69, 9.17) is 37.6 Å². The summed E-state index contributed by atoms with van der Waals surface area (Å²) in [6.07, 6.45) is 12.1. The maximum atomic E-state index is 13.8. The van der Waals surface area contributed by atoms with Crippen LogP contribution in [0, 0.1) is 17.8 Å². The van der Waals surface area contributed by atoms with E-state index in [0.717, 1.165) is 18.4 Å². The standard InChI is InChI=1S/C44H78O10Si/c1-15-37(49-27-25-47-16-2)34(7)42-38(52-42)29-31(4)19-18-20-32(5)41-33(6)21-22-39(51-35(8)45)44(12,50-28-26-48-17-3)24-23-36(30-40(46)53-41)54-55(13,14)43(9,10)11/h18-22,31,33-34,36-39,41-42H,15-17,23-30H2,1-14H3/b19-18+,22-21+,32-20+. The Kier molecular flexibility index (Phi) is 21.1. The number of hydrogen-bond acceptors (Lipinski definition) is 10. The first-order valence-electron chi connectivity index (χ1n) is 20.9. The molecule has 0 bridgehead atoms. The van der Waals surface area contributed by atoms with Crippen molar-refractivity contribution in [3.8, 4) is 0 Å². The fourth-order valence-electron chi connectivity index (χ4n) is 6.93. The Bertz CT molecular complexity index is 1240. The van der Waals surface area contributed by atoms with E-state index in [1.54, 1.807) is 0 Å². The smallest absolute Gasteiger partial charge is 0.308 e. The molecule has 318 valence electrons. The first-order chi connectivity index (χ1) is 25.8. The highest BCUT2D eigenvalue weighted by Crippen LogP contribution is 2.40. The maximum absolute atomic E-state index is 13.8. The molecule has 0 N–H and O–H groups in total. The first kappa shape index (κ1) is 49.3. The average Bonchev–Trinajstić information content (AvgIpc) is 3.87. The molecule has 2 aliphatic heterocycles. The zero-order chi connectivity index (χ0) is 41.4. The lowest BCUT2D eigenvalue weighted by Crippen LogP contribution is -2.48. The van der Waals surface area contributed by atoms with E-state index in [1.807, 2.05) is 52.8 Å². The van der Waals surface area contributed by atoms with Crippen molar-refractivity contribution in [3.05, 3.63) is 36.0 Å².